The lowest BCUT2D eigenvalue weighted by molar-refractivity contribution is 0.0513. The molecule has 4 heterocycles. The molecule has 0 radical (unpaired) electrons. The van der Waals surface area contributed by atoms with Crippen LogP contribution in [0.15, 0.2) is 161 Å². The zero-order valence-corrected chi connectivity index (χ0v) is 27.4. The second-order valence-electron chi connectivity index (χ2n) is 14.2. The molecule has 5 heteroatoms. The average molecular weight is 633 g/mol. The summed E-state index contributed by atoms with van der Waals surface area (Å²) in [4.78, 5) is 5.02. The minimum absolute atomic E-state index is 0.0773. The molecule has 11 rings (SSSR count). The summed E-state index contributed by atoms with van der Waals surface area (Å²) in [5.41, 5.74) is 12.7. The lowest BCUT2D eigenvalue weighted by atomic mass is 9.33. The van der Waals surface area contributed by atoms with Gasteiger partial charge < -0.3 is 19.0 Å². The Morgan fingerprint density at radius 3 is 2.27 bits per heavy atom. The molecule has 0 saturated carbocycles. The van der Waals surface area contributed by atoms with Crippen LogP contribution < -0.4 is 26.2 Å². The molecule has 5 aliphatic rings. The summed E-state index contributed by atoms with van der Waals surface area (Å²) in [6.07, 6.45) is 13.5. The van der Waals surface area contributed by atoms with Gasteiger partial charge in [0.1, 0.15) is 16.9 Å². The number of hydrogen-bond donors (Lipinski definition) is 0. The van der Waals surface area contributed by atoms with E-state index < -0.39 is 0 Å². The van der Waals surface area contributed by atoms with Crippen LogP contribution in [0, 0.1) is 11.8 Å². The molecule has 0 amide bonds. The fourth-order valence-electron chi connectivity index (χ4n) is 9.41. The van der Waals surface area contributed by atoms with Crippen LogP contribution in [0.4, 0.5) is 28.4 Å². The molecule has 4 nitrogen and oxygen atoms in total. The number of para-hydroxylation sites is 4. The van der Waals surface area contributed by atoms with Crippen molar-refractivity contribution in [2.45, 2.75) is 25.5 Å². The Balaban J connectivity index is 1.13. The van der Waals surface area contributed by atoms with E-state index >= 15 is 0 Å². The van der Waals surface area contributed by atoms with E-state index in [9.17, 15) is 0 Å². The quantitative estimate of drug-likeness (QED) is 0.178. The fourth-order valence-corrected chi connectivity index (χ4v) is 9.41. The predicted molar refractivity (Wildman–Crippen MR) is 202 cm³/mol. The molecule has 2 aliphatic carbocycles. The Morgan fingerprint density at radius 1 is 0.673 bits per heavy atom. The van der Waals surface area contributed by atoms with Crippen molar-refractivity contribution in [1.82, 2.24) is 0 Å². The number of rotatable bonds is 2. The van der Waals surface area contributed by atoms with Crippen molar-refractivity contribution in [1.29, 1.82) is 0 Å². The summed E-state index contributed by atoms with van der Waals surface area (Å²) in [5, 5.41) is 2.27. The number of benzene rings is 5. The molecule has 0 spiro atoms. The summed E-state index contributed by atoms with van der Waals surface area (Å²) < 4.78 is 13.5. The standard InChI is InChI=1S/C44H33BN2O2/c1-27-34(25-24-30-31-15-9-10-26-44(31,2)49-42(27)30)46-35-18-6-4-16-32(35)45-33-17-5-7-19-36(33)47(38-21-12-20-37(46)41(38)45)39-22-11-14-29-28-13-3-8-23-40(28)48-43(29)39/h3-27,31,34H,1-2H3. The van der Waals surface area contributed by atoms with Gasteiger partial charge in [0.25, 0.3) is 6.71 Å². The van der Waals surface area contributed by atoms with E-state index in [0.717, 1.165) is 33.4 Å². The van der Waals surface area contributed by atoms with Crippen LogP contribution in [-0.4, -0.2) is 18.4 Å². The molecule has 0 N–H and O–H groups in total. The highest BCUT2D eigenvalue weighted by Gasteiger charge is 2.50. The smallest absolute Gasteiger partial charge is 0.252 e. The third-order valence-corrected chi connectivity index (χ3v) is 11.6. The van der Waals surface area contributed by atoms with Gasteiger partial charge in [0, 0.05) is 50.9 Å². The molecular formula is C44H33BN2O2. The van der Waals surface area contributed by atoms with Gasteiger partial charge >= 0.3 is 0 Å². The Labute approximate surface area is 286 Å². The number of fused-ring (bicyclic) bond motifs is 9. The Bertz CT molecular complexity index is 2520. The molecule has 5 aromatic carbocycles. The minimum atomic E-state index is -0.342. The number of allylic oxidation sites excluding steroid dienone is 3. The number of hydrogen-bond acceptors (Lipinski definition) is 4. The molecule has 6 aromatic rings. The SMILES string of the molecule is CC1C2=C(C=CC1N1c3ccccc3B3c4ccccc4N(c4cccc5c4oc4ccccc45)c4cccc1c43)C1C=CC=CC1(C)O2. The highest BCUT2D eigenvalue weighted by molar-refractivity contribution is 7.00. The monoisotopic (exact) mass is 632 g/mol. The summed E-state index contributed by atoms with van der Waals surface area (Å²) in [6, 6.07) is 39.7. The molecule has 0 bridgehead atoms. The van der Waals surface area contributed by atoms with Gasteiger partial charge in [0.2, 0.25) is 0 Å². The molecule has 1 aromatic heterocycles. The number of anilines is 5. The molecule has 0 fully saturated rings. The van der Waals surface area contributed by atoms with E-state index in [1.807, 2.05) is 6.07 Å². The summed E-state index contributed by atoms with van der Waals surface area (Å²) >= 11 is 0. The second-order valence-corrected chi connectivity index (χ2v) is 14.2. The molecule has 49 heavy (non-hydrogen) atoms. The van der Waals surface area contributed by atoms with Crippen LogP contribution in [0.25, 0.3) is 21.9 Å². The molecule has 4 atom stereocenters. The Kier molecular flexibility index (Phi) is 5.40. The van der Waals surface area contributed by atoms with E-state index in [2.05, 4.69) is 163 Å². The summed E-state index contributed by atoms with van der Waals surface area (Å²) in [7, 11) is 0. The molecule has 234 valence electrons. The van der Waals surface area contributed by atoms with Crippen molar-refractivity contribution in [3.8, 4) is 0 Å². The predicted octanol–water partition coefficient (Wildman–Crippen LogP) is 8.70. The lowest BCUT2D eigenvalue weighted by Gasteiger charge is -2.47. The number of furan rings is 1. The van der Waals surface area contributed by atoms with Crippen molar-refractivity contribution in [2.24, 2.45) is 11.8 Å². The van der Waals surface area contributed by atoms with Crippen molar-refractivity contribution in [3.05, 3.63) is 157 Å². The van der Waals surface area contributed by atoms with Crippen molar-refractivity contribution >= 4 is 73.5 Å². The van der Waals surface area contributed by atoms with Crippen molar-refractivity contribution in [2.75, 3.05) is 9.80 Å². The van der Waals surface area contributed by atoms with E-state index in [4.69, 9.17) is 9.15 Å². The minimum Gasteiger partial charge on any atom is -0.486 e. The van der Waals surface area contributed by atoms with Gasteiger partial charge in [-0.3, -0.25) is 0 Å². The summed E-state index contributed by atoms with van der Waals surface area (Å²) in [5.74, 6) is 1.51. The molecule has 3 aliphatic heterocycles. The first-order valence-corrected chi connectivity index (χ1v) is 17.4. The van der Waals surface area contributed by atoms with Crippen LogP contribution in [0.2, 0.25) is 0 Å². The second kappa shape index (κ2) is 9.70. The Hall–Kier alpha value is -5.68. The van der Waals surface area contributed by atoms with Crippen LogP contribution >= 0.6 is 0 Å². The van der Waals surface area contributed by atoms with Crippen LogP contribution in [0.1, 0.15) is 13.8 Å². The maximum atomic E-state index is 6.88. The third-order valence-electron chi connectivity index (χ3n) is 11.6. The first-order valence-electron chi connectivity index (χ1n) is 17.4. The fraction of sp³-hybridized carbons (Fsp3) is 0.136. The topological polar surface area (TPSA) is 28.9 Å². The van der Waals surface area contributed by atoms with Crippen LogP contribution in [0.5, 0.6) is 0 Å². The highest BCUT2D eigenvalue weighted by atomic mass is 16.5. The normalized spacial score (nSPS) is 24.1. The molecule has 0 saturated heterocycles. The highest BCUT2D eigenvalue weighted by Crippen LogP contribution is 2.51. The maximum absolute atomic E-state index is 6.88. The zero-order valence-electron chi connectivity index (χ0n) is 27.4. The lowest BCUT2D eigenvalue weighted by Crippen LogP contribution is -2.63. The zero-order chi connectivity index (χ0) is 32.4. The van der Waals surface area contributed by atoms with Crippen LogP contribution in [-0.2, 0) is 4.74 Å². The van der Waals surface area contributed by atoms with Gasteiger partial charge in [0.15, 0.2) is 5.58 Å². The van der Waals surface area contributed by atoms with E-state index in [-0.39, 0.29) is 30.2 Å². The van der Waals surface area contributed by atoms with Crippen molar-refractivity contribution in [3.63, 3.8) is 0 Å². The Morgan fingerprint density at radius 2 is 1.37 bits per heavy atom. The number of ether oxygens (including phenoxy) is 1. The van der Waals surface area contributed by atoms with Gasteiger partial charge in [-0.25, -0.2) is 0 Å². The average Bonchev–Trinajstić information content (AvgIpc) is 3.68. The third kappa shape index (κ3) is 3.55. The number of nitrogens with zero attached hydrogens (tertiary/aromatic N) is 2. The van der Waals surface area contributed by atoms with Gasteiger partial charge in [0.05, 0.1) is 11.7 Å². The van der Waals surface area contributed by atoms with Gasteiger partial charge in [-0.05, 0) is 65.8 Å². The van der Waals surface area contributed by atoms with E-state index in [1.165, 1.54) is 44.7 Å². The van der Waals surface area contributed by atoms with Crippen LogP contribution in [0.3, 0.4) is 0 Å². The van der Waals surface area contributed by atoms with Gasteiger partial charge in [-0.15, -0.1) is 0 Å². The first-order chi connectivity index (χ1) is 24.1. The van der Waals surface area contributed by atoms with E-state index in [1.54, 1.807) is 0 Å². The van der Waals surface area contributed by atoms with E-state index in [0.29, 0.717) is 0 Å². The molecule has 4 unspecified atom stereocenters. The van der Waals surface area contributed by atoms with Gasteiger partial charge in [-0.1, -0.05) is 110 Å². The maximum Gasteiger partial charge on any atom is 0.252 e. The van der Waals surface area contributed by atoms with Crippen molar-refractivity contribution < 1.29 is 9.15 Å². The largest absolute Gasteiger partial charge is 0.486 e. The molecular weight excluding hydrogens is 599 g/mol. The van der Waals surface area contributed by atoms with Gasteiger partial charge in [-0.2, -0.15) is 0 Å². The first kappa shape index (κ1) is 27.3. The summed E-state index contributed by atoms with van der Waals surface area (Å²) in [6.45, 7) is 4.65.